The van der Waals surface area contributed by atoms with E-state index in [9.17, 15) is 0 Å². The van der Waals surface area contributed by atoms with Crippen molar-refractivity contribution in [1.29, 1.82) is 0 Å². The van der Waals surface area contributed by atoms with Gasteiger partial charge in [0, 0.05) is 18.6 Å². The average Bonchev–Trinajstić information content (AvgIpc) is 3.38. The smallest absolute Gasteiger partial charge is 0.0351 e. The van der Waals surface area contributed by atoms with Gasteiger partial charge in [-0.2, -0.15) is 0 Å². The molecule has 1 aliphatic heterocycles. The summed E-state index contributed by atoms with van der Waals surface area (Å²) < 4.78 is 0. The molecule has 3 atom stereocenters. The lowest BCUT2D eigenvalue weighted by atomic mass is 9.90. The van der Waals surface area contributed by atoms with Gasteiger partial charge in [-0.15, -0.1) is 0 Å². The third kappa shape index (κ3) is 3.87. The fourth-order valence-corrected chi connectivity index (χ4v) is 3.80. The van der Waals surface area contributed by atoms with Crippen molar-refractivity contribution in [2.45, 2.75) is 51.6 Å². The topological polar surface area (TPSA) is 15.3 Å². The van der Waals surface area contributed by atoms with Crippen LogP contribution < -0.4 is 5.32 Å². The lowest BCUT2D eigenvalue weighted by molar-refractivity contribution is 0.151. The zero-order valence-electron chi connectivity index (χ0n) is 13.6. The molecule has 1 N–H and O–H groups in total. The molecule has 0 aromatic heterocycles. The van der Waals surface area contributed by atoms with Gasteiger partial charge in [0.05, 0.1) is 0 Å². The van der Waals surface area contributed by atoms with Crippen LogP contribution in [0.1, 0.15) is 51.1 Å². The Morgan fingerprint density at radius 3 is 2.57 bits per heavy atom. The summed E-state index contributed by atoms with van der Waals surface area (Å²) in [6.07, 6.45) is 5.54. The van der Waals surface area contributed by atoms with E-state index in [0.717, 1.165) is 11.8 Å². The normalized spacial score (nSPS) is 26.5. The minimum atomic E-state index is 0.568. The standard InChI is InChI=1S/C19H30N2/c1-3-21-13-7-10-18(14-21)15(2)20-19(17-11-12-17)16-8-5-4-6-9-16/h4-6,8-9,15,17-20H,3,7,10-14H2,1-2H3. The highest BCUT2D eigenvalue weighted by Crippen LogP contribution is 2.41. The van der Waals surface area contributed by atoms with Crippen molar-refractivity contribution < 1.29 is 0 Å². The van der Waals surface area contributed by atoms with Gasteiger partial charge in [-0.25, -0.2) is 0 Å². The average molecular weight is 286 g/mol. The first-order chi connectivity index (χ1) is 10.3. The second kappa shape index (κ2) is 6.93. The Labute approximate surface area is 129 Å². The summed E-state index contributed by atoms with van der Waals surface area (Å²) in [7, 11) is 0. The Morgan fingerprint density at radius 2 is 1.90 bits per heavy atom. The van der Waals surface area contributed by atoms with Gasteiger partial charge in [-0.1, -0.05) is 37.3 Å². The van der Waals surface area contributed by atoms with Crippen LogP contribution in [0, 0.1) is 11.8 Å². The number of hydrogen-bond acceptors (Lipinski definition) is 2. The van der Waals surface area contributed by atoms with E-state index < -0.39 is 0 Å². The van der Waals surface area contributed by atoms with Gasteiger partial charge in [-0.05, 0) is 63.1 Å². The van der Waals surface area contributed by atoms with E-state index in [2.05, 4.69) is 54.4 Å². The largest absolute Gasteiger partial charge is 0.307 e. The van der Waals surface area contributed by atoms with Crippen molar-refractivity contribution in [3.63, 3.8) is 0 Å². The van der Waals surface area contributed by atoms with Gasteiger partial charge in [0.15, 0.2) is 0 Å². The van der Waals surface area contributed by atoms with Crippen molar-refractivity contribution in [2.24, 2.45) is 11.8 Å². The Bertz CT molecular complexity index is 426. The Balaban J connectivity index is 1.63. The molecule has 0 amide bonds. The van der Waals surface area contributed by atoms with E-state index in [-0.39, 0.29) is 0 Å². The lowest BCUT2D eigenvalue weighted by Gasteiger charge is -2.37. The van der Waals surface area contributed by atoms with Crippen molar-refractivity contribution in [3.8, 4) is 0 Å². The van der Waals surface area contributed by atoms with Crippen LogP contribution in [0.2, 0.25) is 0 Å². The number of rotatable bonds is 6. The van der Waals surface area contributed by atoms with Crippen LogP contribution in [0.4, 0.5) is 0 Å². The molecule has 0 radical (unpaired) electrons. The zero-order valence-corrected chi connectivity index (χ0v) is 13.6. The number of hydrogen-bond donors (Lipinski definition) is 1. The molecule has 1 aromatic rings. The third-order valence-corrected chi connectivity index (χ3v) is 5.39. The van der Waals surface area contributed by atoms with Crippen LogP contribution in [-0.4, -0.2) is 30.6 Å². The van der Waals surface area contributed by atoms with Crippen molar-refractivity contribution in [1.82, 2.24) is 10.2 Å². The monoisotopic (exact) mass is 286 g/mol. The highest BCUT2D eigenvalue weighted by Gasteiger charge is 2.34. The molecule has 0 bridgehead atoms. The fourth-order valence-electron chi connectivity index (χ4n) is 3.80. The van der Waals surface area contributed by atoms with Crippen molar-refractivity contribution in [3.05, 3.63) is 35.9 Å². The molecule has 1 saturated carbocycles. The number of nitrogens with one attached hydrogen (secondary N) is 1. The fraction of sp³-hybridized carbons (Fsp3) is 0.684. The van der Waals surface area contributed by atoms with E-state index in [0.29, 0.717) is 12.1 Å². The second-order valence-corrected chi connectivity index (χ2v) is 6.98. The molecule has 3 rings (SSSR count). The minimum absolute atomic E-state index is 0.568. The Kier molecular flexibility index (Phi) is 4.97. The summed E-state index contributed by atoms with van der Waals surface area (Å²) in [5.74, 6) is 1.67. The summed E-state index contributed by atoms with van der Waals surface area (Å²) in [5.41, 5.74) is 1.48. The predicted molar refractivity (Wildman–Crippen MR) is 89.3 cm³/mol. The minimum Gasteiger partial charge on any atom is -0.307 e. The highest BCUT2D eigenvalue weighted by molar-refractivity contribution is 5.21. The van der Waals surface area contributed by atoms with Gasteiger partial charge in [0.25, 0.3) is 0 Å². The first-order valence-corrected chi connectivity index (χ1v) is 8.81. The molecule has 116 valence electrons. The van der Waals surface area contributed by atoms with E-state index in [1.54, 1.807) is 0 Å². The quantitative estimate of drug-likeness (QED) is 0.854. The highest BCUT2D eigenvalue weighted by atomic mass is 15.1. The maximum atomic E-state index is 3.98. The van der Waals surface area contributed by atoms with E-state index in [1.807, 2.05) is 0 Å². The third-order valence-electron chi connectivity index (χ3n) is 5.39. The number of likely N-dealkylation sites (tertiary alicyclic amines) is 1. The number of benzene rings is 1. The Morgan fingerprint density at radius 1 is 1.14 bits per heavy atom. The second-order valence-electron chi connectivity index (χ2n) is 6.98. The van der Waals surface area contributed by atoms with Gasteiger partial charge >= 0.3 is 0 Å². The first-order valence-electron chi connectivity index (χ1n) is 8.81. The van der Waals surface area contributed by atoms with Crippen LogP contribution in [0.5, 0.6) is 0 Å². The SMILES string of the molecule is CCN1CCCC(C(C)NC(c2ccccc2)C2CC2)C1. The molecule has 1 aliphatic carbocycles. The molecule has 3 unspecified atom stereocenters. The number of piperidine rings is 1. The molecule has 1 heterocycles. The summed E-state index contributed by atoms with van der Waals surface area (Å²) in [6, 6.07) is 12.2. The van der Waals surface area contributed by atoms with E-state index in [1.165, 1.54) is 50.9 Å². The van der Waals surface area contributed by atoms with Crippen molar-refractivity contribution >= 4 is 0 Å². The van der Waals surface area contributed by atoms with Crippen LogP contribution >= 0.6 is 0 Å². The van der Waals surface area contributed by atoms with Crippen LogP contribution in [-0.2, 0) is 0 Å². The van der Waals surface area contributed by atoms with E-state index >= 15 is 0 Å². The molecular weight excluding hydrogens is 256 g/mol. The predicted octanol–water partition coefficient (Wildman–Crippen LogP) is 3.85. The summed E-state index contributed by atoms with van der Waals surface area (Å²) >= 11 is 0. The summed E-state index contributed by atoms with van der Waals surface area (Å²) in [5, 5.41) is 3.98. The van der Waals surface area contributed by atoms with Crippen molar-refractivity contribution in [2.75, 3.05) is 19.6 Å². The van der Waals surface area contributed by atoms with Crippen LogP contribution in [0.15, 0.2) is 30.3 Å². The van der Waals surface area contributed by atoms with Gasteiger partial charge in [0.2, 0.25) is 0 Å². The lowest BCUT2D eigenvalue weighted by Crippen LogP contribution is -2.45. The first kappa shape index (κ1) is 15.1. The van der Waals surface area contributed by atoms with Gasteiger partial charge < -0.3 is 10.2 Å². The van der Waals surface area contributed by atoms with Gasteiger partial charge in [0.1, 0.15) is 0 Å². The molecule has 1 saturated heterocycles. The summed E-state index contributed by atoms with van der Waals surface area (Å²) in [4.78, 5) is 2.61. The maximum absolute atomic E-state index is 3.98. The number of nitrogens with zero attached hydrogens (tertiary/aromatic N) is 1. The zero-order chi connectivity index (χ0) is 14.7. The molecule has 0 spiro atoms. The molecule has 2 fully saturated rings. The summed E-state index contributed by atoms with van der Waals surface area (Å²) in [6.45, 7) is 8.47. The molecule has 2 nitrogen and oxygen atoms in total. The molecular formula is C19H30N2. The van der Waals surface area contributed by atoms with Gasteiger partial charge in [-0.3, -0.25) is 0 Å². The van der Waals surface area contributed by atoms with Crippen LogP contribution in [0.3, 0.4) is 0 Å². The molecule has 1 aromatic carbocycles. The van der Waals surface area contributed by atoms with E-state index in [4.69, 9.17) is 0 Å². The van der Waals surface area contributed by atoms with Crippen LogP contribution in [0.25, 0.3) is 0 Å². The molecule has 21 heavy (non-hydrogen) atoms. The maximum Gasteiger partial charge on any atom is 0.0351 e. The Hall–Kier alpha value is -0.860. The molecule has 2 aliphatic rings. The molecule has 2 heteroatoms.